The fourth-order valence-corrected chi connectivity index (χ4v) is 8.64. The van der Waals surface area contributed by atoms with E-state index in [2.05, 4.69) is 74.4 Å². The molecule has 1 heterocycles. The number of allylic oxidation sites excluding steroid dienone is 2. The van der Waals surface area contributed by atoms with Gasteiger partial charge in [-0.2, -0.15) is 0 Å². The molecule has 5 heteroatoms. The molecule has 3 rings (SSSR count). The third-order valence-electron chi connectivity index (χ3n) is 11.7. The van der Waals surface area contributed by atoms with Crippen LogP contribution in [0.5, 0.6) is 0 Å². The smallest absolute Gasteiger partial charge is 0.311 e. The first-order chi connectivity index (χ1) is 18.3. The summed E-state index contributed by atoms with van der Waals surface area (Å²) in [4.78, 5) is 26.0. The summed E-state index contributed by atoms with van der Waals surface area (Å²) in [6.07, 6.45) is 12.5. The Balaban J connectivity index is 1.98. The fourth-order valence-electron chi connectivity index (χ4n) is 8.64. The van der Waals surface area contributed by atoms with Crippen LogP contribution < -0.4 is 0 Å². The third kappa shape index (κ3) is 5.73. The van der Waals surface area contributed by atoms with Crippen molar-refractivity contribution >= 4 is 11.8 Å². The average Bonchev–Trinajstić information content (AvgIpc) is 3.32. The maximum absolute atomic E-state index is 13.2. The Hall–Kier alpha value is -1.91. The Labute approximate surface area is 244 Å². The van der Waals surface area contributed by atoms with Crippen molar-refractivity contribution in [2.45, 2.75) is 139 Å². The molecule has 0 aliphatic heterocycles. The summed E-state index contributed by atoms with van der Waals surface area (Å²) in [6, 6.07) is 0. The fraction of sp³-hybridized carbons (Fsp3) is 0.800. The maximum atomic E-state index is 13.2. The number of hydrogen-bond acceptors (Lipinski definition) is 5. The second-order valence-corrected chi connectivity index (χ2v) is 15.9. The molecule has 0 aromatic carbocycles. The van der Waals surface area contributed by atoms with Crippen molar-refractivity contribution in [3.8, 4) is 0 Å². The van der Waals surface area contributed by atoms with Crippen LogP contribution in [-0.4, -0.2) is 24.0 Å². The van der Waals surface area contributed by atoms with Gasteiger partial charge in [0.25, 0.3) is 0 Å². The van der Waals surface area contributed by atoms with Crippen LogP contribution in [0.15, 0.2) is 22.4 Å². The van der Waals surface area contributed by atoms with Crippen molar-refractivity contribution in [2.24, 2.45) is 33.0 Å². The summed E-state index contributed by atoms with van der Waals surface area (Å²) in [5.41, 5.74) is 1.38. The minimum absolute atomic E-state index is 0.102. The second kappa shape index (κ2) is 11.1. The van der Waals surface area contributed by atoms with E-state index < -0.39 is 5.41 Å². The number of aromatic nitrogens is 1. The molecule has 1 aromatic rings. The zero-order valence-electron chi connectivity index (χ0n) is 27.7. The van der Waals surface area contributed by atoms with Gasteiger partial charge in [-0.25, -0.2) is 0 Å². The van der Waals surface area contributed by atoms with E-state index in [4.69, 9.17) is 9.26 Å². The molecule has 0 saturated heterocycles. The van der Waals surface area contributed by atoms with E-state index in [-0.39, 0.29) is 38.8 Å². The number of nitrogens with zero attached hydrogens (tertiary/aromatic N) is 1. The van der Waals surface area contributed by atoms with E-state index in [0.717, 1.165) is 69.1 Å². The predicted molar refractivity (Wildman–Crippen MR) is 162 cm³/mol. The van der Waals surface area contributed by atoms with Crippen LogP contribution >= 0.6 is 0 Å². The first kappa shape index (κ1) is 32.6. The van der Waals surface area contributed by atoms with E-state index in [1.165, 1.54) is 12.7 Å². The average molecular weight is 556 g/mol. The van der Waals surface area contributed by atoms with Gasteiger partial charge in [-0.1, -0.05) is 79.5 Å². The van der Waals surface area contributed by atoms with Crippen molar-refractivity contribution in [2.75, 3.05) is 7.11 Å². The highest BCUT2D eigenvalue weighted by Crippen LogP contribution is 2.67. The number of ketones is 1. The summed E-state index contributed by atoms with van der Waals surface area (Å²) in [5, 5.41) is 4.18. The van der Waals surface area contributed by atoms with Crippen LogP contribution in [-0.2, 0) is 26.2 Å². The molecular weight excluding hydrogens is 498 g/mol. The van der Waals surface area contributed by atoms with Gasteiger partial charge in [0.2, 0.25) is 0 Å². The number of carbonyl (C=O) groups is 2. The Morgan fingerprint density at radius 3 is 2.25 bits per heavy atom. The first-order valence-corrected chi connectivity index (χ1v) is 15.6. The molecule has 0 amide bonds. The number of fused-ring (bicyclic) bond motifs is 2. The quantitative estimate of drug-likeness (QED) is 0.201. The van der Waals surface area contributed by atoms with Gasteiger partial charge in [-0.3, -0.25) is 9.59 Å². The number of esters is 1. The van der Waals surface area contributed by atoms with Crippen molar-refractivity contribution in [1.82, 2.24) is 5.16 Å². The largest absolute Gasteiger partial charge is 0.469 e. The minimum atomic E-state index is -0.539. The molecule has 1 unspecified atom stereocenters. The number of methoxy groups -OCH3 is 1. The number of hydrogen-bond donors (Lipinski definition) is 0. The van der Waals surface area contributed by atoms with Gasteiger partial charge in [-0.15, -0.1) is 0 Å². The molecule has 5 nitrogen and oxygen atoms in total. The molecule has 0 spiro atoms. The van der Waals surface area contributed by atoms with Crippen LogP contribution in [0.2, 0.25) is 0 Å². The SMILES string of the molecule is CCCC(C)(C)CC[C@@](C)(CCC(C)(C)[C@]1(C)CCC2C(C)(C)c3oncc3C[C@]2(C)/C1=C/C(C)=O)C(=O)OC. The lowest BCUT2D eigenvalue weighted by Crippen LogP contribution is -2.56. The molecule has 0 N–H and O–H groups in total. The Kier molecular flexibility index (Phi) is 9.01. The second-order valence-electron chi connectivity index (χ2n) is 15.9. The molecular formula is C35H57NO4. The Bertz CT molecular complexity index is 1120. The monoisotopic (exact) mass is 555 g/mol. The normalized spacial score (nSPS) is 28.9. The van der Waals surface area contributed by atoms with Crippen molar-refractivity contribution in [1.29, 1.82) is 0 Å². The first-order valence-electron chi connectivity index (χ1n) is 15.6. The van der Waals surface area contributed by atoms with Gasteiger partial charge in [0, 0.05) is 11.0 Å². The predicted octanol–water partition coefficient (Wildman–Crippen LogP) is 9.04. The molecule has 0 bridgehead atoms. The molecule has 1 aromatic heterocycles. The highest BCUT2D eigenvalue weighted by molar-refractivity contribution is 5.88. The van der Waals surface area contributed by atoms with E-state index in [9.17, 15) is 9.59 Å². The van der Waals surface area contributed by atoms with Crippen molar-refractivity contribution in [3.05, 3.63) is 29.2 Å². The van der Waals surface area contributed by atoms with Gasteiger partial charge in [0.05, 0.1) is 18.7 Å². The lowest BCUT2D eigenvalue weighted by molar-refractivity contribution is -0.153. The molecule has 2 aliphatic rings. The minimum Gasteiger partial charge on any atom is -0.469 e. The number of carbonyl (C=O) groups excluding carboxylic acids is 2. The summed E-state index contributed by atoms with van der Waals surface area (Å²) >= 11 is 0. The van der Waals surface area contributed by atoms with Crippen molar-refractivity contribution in [3.63, 3.8) is 0 Å². The highest BCUT2D eigenvalue weighted by Gasteiger charge is 2.61. The third-order valence-corrected chi connectivity index (χ3v) is 11.7. The molecule has 0 radical (unpaired) electrons. The van der Waals surface area contributed by atoms with Gasteiger partial charge in [-0.05, 0) is 98.9 Å². The van der Waals surface area contributed by atoms with Crippen LogP contribution in [0.25, 0.3) is 0 Å². The van der Waals surface area contributed by atoms with Crippen LogP contribution in [0.1, 0.15) is 139 Å². The standard InChI is InChI=1S/C35H57NO4/c1-13-15-30(3,4)17-19-33(9,29(38)39-12)20-18-31(5,6)35(11)16-14-26-32(7,8)28-25(23-36-40-28)22-34(26,10)27(35)21-24(2)37/h21,23,26H,13-20,22H2,1-12H3/b27-21-/t26?,33-,34-,35+/m0/s1. The van der Waals surface area contributed by atoms with E-state index in [1.807, 2.05) is 12.3 Å². The molecule has 1 fully saturated rings. The van der Waals surface area contributed by atoms with Gasteiger partial charge in [0.15, 0.2) is 5.78 Å². The summed E-state index contributed by atoms with van der Waals surface area (Å²) < 4.78 is 11.2. The summed E-state index contributed by atoms with van der Waals surface area (Å²) in [7, 11) is 1.52. The van der Waals surface area contributed by atoms with Crippen LogP contribution in [0.3, 0.4) is 0 Å². The lowest BCUT2D eigenvalue weighted by atomic mass is 9.41. The van der Waals surface area contributed by atoms with Crippen LogP contribution in [0, 0.1) is 33.0 Å². The Morgan fingerprint density at radius 2 is 1.68 bits per heavy atom. The summed E-state index contributed by atoms with van der Waals surface area (Å²) in [5.74, 6) is 1.34. The molecule has 226 valence electrons. The van der Waals surface area contributed by atoms with E-state index >= 15 is 0 Å². The Morgan fingerprint density at radius 1 is 1.05 bits per heavy atom. The highest BCUT2D eigenvalue weighted by atomic mass is 16.5. The van der Waals surface area contributed by atoms with Gasteiger partial charge >= 0.3 is 5.97 Å². The molecule has 2 aliphatic carbocycles. The molecule has 4 atom stereocenters. The van der Waals surface area contributed by atoms with Gasteiger partial charge < -0.3 is 9.26 Å². The maximum Gasteiger partial charge on any atom is 0.311 e. The topological polar surface area (TPSA) is 69.4 Å². The van der Waals surface area contributed by atoms with E-state index in [0.29, 0.717) is 5.92 Å². The summed E-state index contributed by atoms with van der Waals surface area (Å²) in [6.45, 7) is 24.6. The molecule has 40 heavy (non-hydrogen) atoms. The van der Waals surface area contributed by atoms with Gasteiger partial charge in [0.1, 0.15) is 5.76 Å². The zero-order chi connectivity index (χ0) is 30.4. The number of ether oxygens (including phenoxy) is 1. The van der Waals surface area contributed by atoms with Crippen molar-refractivity contribution < 1.29 is 18.8 Å². The zero-order valence-corrected chi connectivity index (χ0v) is 27.7. The lowest BCUT2D eigenvalue weighted by Gasteiger charge is -2.62. The van der Waals surface area contributed by atoms with E-state index in [1.54, 1.807) is 6.92 Å². The van der Waals surface area contributed by atoms with Crippen LogP contribution in [0.4, 0.5) is 0 Å². The number of rotatable bonds is 11. The molecule has 1 saturated carbocycles.